The molecule has 0 saturated carbocycles. The Labute approximate surface area is 123 Å². The summed E-state index contributed by atoms with van der Waals surface area (Å²) in [6, 6.07) is 5.09. The summed E-state index contributed by atoms with van der Waals surface area (Å²) < 4.78 is 13.9. The number of rotatable bonds is 4. The first kappa shape index (κ1) is 14.9. The van der Waals surface area contributed by atoms with Crippen molar-refractivity contribution < 1.29 is 4.39 Å². The van der Waals surface area contributed by atoms with E-state index in [1.54, 1.807) is 13.1 Å². The maximum Gasteiger partial charge on any atom is 0.192 e. The molecule has 0 aliphatic carbocycles. The number of hydrogen-bond acceptors (Lipinski definition) is 4. The highest BCUT2D eigenvalue weighted by Gasteiger charge is 2.12. The lowest BCUT2D eigenvalue weighted by Crippen LogP contribution is -2.08. The third kappa shape index (κ3) is 3.16. The van der Waals surface area contributed by atoms with Crippen molar-refractivity contribution in [1.82, 2.24) is 15.3 Å². The maximum absolute atomic E-state index is 13.9. The highest BCUT2D eigenvalue weighted by Crippen LogP contribution is 2.30. The quantitative estimate of drug-likeness (QED) is 0.876. The third-order valence-electron chi connectivity index (χ3n) is 3.24. The van der Waals surface area contributed by atoms with E-state index in [-0.39, 0.29) is 5.82 Å². The molecule has 20 heavy (non-hydrogen) atoms. The molecule has 2 rings (SSSR count). The van der Waals surface area contributed by atoms with Crippen molar-refractivity contribution in [2.45, 2.75) is 37.4 Å². The van der Waals surface area contributed by atoms with Crippen LogP contribution in [0.2, 0.25) is 0 Å². The van der Waals surface area contributed by atoms with Gasteiger partial charge in [0.1, 0.15) is 5.82 Å². The van der Waals surface area contributed by atoms with Crippen LogP contribution >= 0.6 is 11.8 Å². The zero-order valence-corrected chi connectivity index (χ0v) is 12.9. The van der Waals surface area contributed by atoms with Crippen LogP contribution in [0.4, 0.5) is 4.39 Å². The average Bonchev–Trinajstić information content (AvgIpc) is 2.40. The van der Waals surface area contributed by atoms with Gasteiger partial charge in [0.2, 0.25) is 0 Å². The van der Waals surface area contributed by atoms with Crippen LogP contribution in [0.5, 0.6) is 0 Å². The van der Waals surface area contributed by atoms with Crippen LogP contribution < -0.4 is 5.32 Å². The Balaban J connectivity index is 2.37. The van der Waals surface area contributed by atoms with Gasteiger partial charge in [-0.15, -0.1) is 0 Å². The Morgan fingerprint density at radius 2 is 1.80 bits per heavy atom. The lowest BCUT2D eigenvalue weighted by molar-refractivity contribution is 0.593. The molecular weight excluding hydrogens is 273 g/mol. The van der Waals surface area contributed by atoms with E-state index in [9.17, 15) is 4.39 Å². The minimum Gasteiger partial charge on any atom is -0.316 e. The van der Waals surface area contributed by atoms with Crippen LogP contribution in [0.3, 0.4) is 0 Å². The summed E-state index contributed by atoms with van der Waals surface area (Å²) >= 11 is 1.40. The fourth-order valence-electron chi connectivity index (χ4n) is 1.87. The molecular formula is C15H18FN3S. The molecule has 1 N–H and O–H groups in total. The van der Waals surface area contributed by atoms with Crippen LogP contribution in [0.1, 0.15) is 22.5 Å². The summed E-state index contributed by atoms with van der Waals surface area (Å²) in [6.07, 6.45) is 0. The largest absolute Gasteiger partial charge is 0.316 e. The molecule has 0 amide bonds. The summed E-state index contributed by atoms with van der Waals surface area (Å²) in [6.45, 7) is 6.43. The van der Waals surface area contributed by atoms with Crippen LogP contribution in [0, 0.1) is 26.6 Å². The molecule has 0 atom stereocenters. The van der Waals surface area contributed by atoms with Gasteiger partial charge in [0.05, 0.1) is 0 Å². The number of halogens is 1. The molecule has 0 saturated heterocycles. The molecule has 3 nitrogen and oxygen atoms in total. The van der Waals surface area contributed by atoms with Crippen molar-refractivity contribution in [2.75, 3.05) is 7.05 Å². The van der Waals surface area contributed by atoms with Crippen molar-refractivity contribution in [2.24, 2.45) is 0 Å². The Morgan fingerprint density at radius 3 is 2.40 bits per heavy atom. The maximum atomic E-state index is 13.9. The SMILES string of the molecule is CNCc1c(F)cccc1Sc1nc(C)c(C)c(C)n1. The summed E-state index contributed by atoms with van der Waals surface area (Å²) in [4.78, 5) is 9.79. The fraction of sp³-hybridized carbons (Fsp3) is 0.333. The van der Waals surface area contributed by atoms with Gasteiger partial charge in [0.25, 0.3) is 0 Å². The Bertz CT molecular complexity index is 606. The van der Waals surface area contributed by atoms with Gasteiger partial charge in [-0.25, -0.2) is 14.4 Å². The van der Waals surface area contributed by atoms with Gasteiger partial charge in [-0.05, 0) is 57.3 Å². The molecule has 1 heterocycles. The van der Waals surface area contributed by atoms with Gasteiger partial charge >= 0.3 is 0 Å². The second-order valence-electron chi connectivity index (χ2n) is 4.65. The minimum atomic E-state index is -0.204. The standard InChI is InChI=1S/C15H18FN3S/c1-9-10(2)18-15(19-11(9)3)20-14-7-5-6-13(16)12(14)8-17-4/h5-7,17H,8H2,1-4H3. The third-order valence-corrected chi connectivity index (χ3v) is 4.21. The zero-order valence-electron chi connectivity index (χ0n) is 12.1. The van der Waals surface area contributed by atoms with E-state index < -0.39 is 0 Å². The number of aryl methyl sites for hydroxylation is 2. The molecule has 0 spiro atoms. The van der Waals surface area contributed by atoms with E-state index in [1.807, 2.05) is 26.8 Å². The van der Waals surface area contributed by atoms with E-state index in [4.69, 9.17) is 0 Å². The Kier molecular flexibility index (Phi) is 4.73. The first-order chi connectivity index (χ1) is 9.52. The predicted molar refractivity (Wildman–Crippen MR) is 79.5 cm³/mol. The molecule has 0 unspecified atom stereocenters. The first-order valence-corrected chi connectivity index (χ1v) is 7.26. The number of aromatic nitrogens is 2. The number of hydrogen-bond donors (Lipinski definition) is 1. The van der Waals surface area contributed by atoms with E-state index in [0.717, 1.165) is 21.8 Å². The van der Waals surface area contributed by atoms with E-state index in [2.05, 4.69) is 15.3 Å². The van der Waals surface area contributed by atoms with Gasteiger partial charge in [-0.1, -0.05) is 6.07 Å². The van der Waals surface area contributed by atoms with Crippen molar-refractivity contribution >= 4 is 11.8 Å². The summed E-state index contributed by atoms with van der Waals surface area (Å²) in [5, 5.41) is 3.65. The zero-order chi connectivity index (χ0) is 14.7. The summed E-state index contributed by atoms with van der Waals surface area (Å²) in [5.74, 6) is -0.204. The molecule has 1 aromatic heterocycles. The van der Waals surface area contributed by atoms with E-state index in [0.29, 0.717) is 17.3 Å². The second kappa shape index (κ2) is 6.33. The second-order valence-corrected chi connectivity index (χ2v) is 5.66. The van der Waals surface area contributed by atoms with E-state index in [1.165, 1.54) is 17.8 Å². The highest BCUT2D eigenvalue weighted by atomic mass is 32.2. The van der Waals surface area contributed by atoms with Crippen LogP contribution in [0.25, 0.3) is 0 Å². The lowest BCUT2D eigenvalue weighted by atomic mass is 10.2. The average molecular weight is 291 g/mol. The number of nitrogens with zero attached hydrogens (tertiary/aromatic N) is 2. The summed E-state index contributed by atoms with van der Waals surface area (Å²) in [7, 11) is 1.80. The molecule has 2 aromatic rings. The van der Waals surface area contributed by atoms with Crippen molar-refractivity contribution in [3.8, 4) is 0 Å². The normalized spacial score (nSPS) is 10.8. The van der Waals surface area contributed by atoms with Gasteiger partial charge in [0.15, 0.2) is 5.16 Å². The van der Waals surface area contributed by atoms with Crippen LogP contribution in [0.15, 0.2) is 28.3 Å². The molecule has 0 radical (unpaired) electrons. The highest BCUT2D eigenvalue weighted by molar-refractivity contribution is 7.99. The molecule has 1 aromatic carbocycles. The number of benzene rings is 1. The van der Waals surface area contributed by atoms with Crippen molar-refractivity contribution in [3.05, 3.63) is 46.5 Å². The van der Waals surface area contributed by atoms with Crippen molar-refractivity contribution in [3.63, 3.8) is 0 Å². The molecule has 0 bridgehead atoms. The van der Waals surface area contributed by atoms with Gasteiger partial charge in [-0.2, -0.15) is 0 Å². The smallest absolute Gasteiger partial charge is 0.192 e. The molecule has 5 heteroatoms. The minimum absolute atomic E-state index is 0.204. The molecule has 106 valence electrons. The lowest BCUT2D eigenvalue weighted by Gasteiger charge is -2.11. The van der Waals surface area contributed by atoms with Gasteiger partial charge in [0, 0.05) is 28.4 Å². The van der Waals surface area contributed by atoms with Crippen LogP contribution in [-0.2, 0) is 6.54 Å². The van der Waals surface area contributed by atoms with Gasteiger partial charge in [-0.3, -0.25) is 0 Å². The first-order valence-electron chi connectivity index (χ1n) is 6.44. The van der Waals surface area contributed by atoms with Crippen LogP contribution in [-0.4, -0.2) is 17.0 Å². The Morgan fingerprint density at radius 1 is 1.15 bits per heavy atom. The Hall–Kier alpha value is -1.46. The molecule has 0 aliphatic heterocycles. The topological polar surface area (TPSA) is 37.8 Å². The van der Waals surface area contributed by atoms with E-state index >= 15 is 0 Å². The summed E-state index contributed by atoms with van der Waals surface area (Å²) in [5.41, 5.74) is 3.68. The molecule has 0 fully saturated rings. The monoisotopic (exact) mass is 291 g/mol. The molecule has 0 aliphatic rings. The number of nitrogens with one attached hydrogen (secondary N) is 1. The van der Waals surface area contributed by atoms with Crippen molar-refractivity contribution in [1.29, 1.82) is 0 Å². The van der Waals surface area contributed by atoms with Gasteiger partial charge < -0.3 is 5.32 Å². The predicted octanol–water partition coefficient (Wildman–Crippen LogP) is 3.41. The fourth-order valence-corrected chi connectivity index (χ4v) is 2.87.